The predicted octanol–water partition coefficient (Wildman–Crippen LogP) is 4.03. The normalized spacial score (nSPS) is 13.9. The van der Waals surface area contributed by atoms with E-state index < -0.39 is 11.6 Å². The van der Waals surface area contributed by atoms with Crippen molar-refractivity contribution in [2.45, 2.75) is 11.6 Å². The van der Waals surface area contributed by atoms with Gasteiger partial charge in [0.15, 0.2) is 11.6 Å². The number of ether oxygens (including phenoxy) is 1. The summed E-state index contributed by atoms with van der Waals surface area (Å²) in [5.74, 6) is 1.25. The lowest BCUT2D eigenvalue weighted by atomic mass is 9.75. The highest BCUT2D eigenvalue weighted by Gasteiger charge is 2.48. The van der Waals surface area contributed by atoms with Crippen LogP contribution in [0.1, 0.15) is 16.7 Å². The molecule has 1 unspecified atom stereocenters. The van der Waals surface area contributed by atoms with Gasteiger partial charge in [0.25, 0.3) is 0 Å². The van der Waals surface area contributed by atoms with Gasteiger partial charge in [-0.2, -0.15) is 0 Å². The number of aliphatic hydroxyl groups is 1. The lowest BCUT2D eigenvalue weighted by molar-refractivity contribution is 0.0689. The molecule has 8 nitrogen and oxygen atoms in total. The summed E-state index contributed by atoms with van der Waals surface area (Å²) in [4.78, 5) is 18.9. The number of hydrogen-bond donors (Lipinski definition) is 2. The molecule has 0 radical (unpaired) electrons. The highest BCUT2D eigenvalue weighted by molar-refractivity contribution is 5.85. The van der Waals surface area contributed by atoms with Gasteiger partial charge in [-0.15, -0.1) is 0 Å². The maximum Gasteiger partial charge on any atom is 0.179 e. The van der Waals surface area contributed by atoms with Gasteiger partial charge in [-0.05, 0) is 16.7 Å². The number of anilines is 3. The third kappa shape index (κ3) is 4.51. The Morgan fingerprint density at radius 1 is 0.865 bits per heavy atom. The van der Waals surface area contributed by atoms with E-state index in [9.17, 15) is 5.11 Å². The van der Waals surface area contributed by atoms with Crippen LogP contribution in [-0.4, -0.2) is 55.2 Å². The lowest BCUT2D eigenvalue weighted by Gasteiger charge is -2.45. The van der Waals surface area contributed by atoms with Crippen molar-refractivity contribution in [2.75, 3.05) is 49.3 Å². The van der Waals surface area contributed by atoms with Gasteiger partial charge in [-0.3, -0.25) is 4.84 Å². The molecular weight excluding hydrogens is 466 g/mol. The minimum Gasteiger partial charge on any atom is -0.389 e. The Morgan fingerprint density at radius 2 is 1.41 bits per heavy atom. The first-order chi connectivity index (χ1) is 18.2. The van der Waals surface area contributed by atoms with Crippen molar-refractivity contribution >= 4 is 17.3 Å². The van der Waals surface area contributed by atoms with Gasteiger partial charge in [-0.1, -0.05) is 91.0 Å². The summed E-state index contributed by atoms with van der Waals surface area (Å²) in [6.45, 7) is 1.02. The van der Waals surface area contributed by atoms with Gasteiger partial charge >= 0.3 is 0 Å². The van der Waals surface area contributed by atoms with E-state index in [1.54, 1.807) is 14.2 Å². The molecule has 1 aromatic heterocycles. The van der Waals surface area contributed by atoms with Gasteiger partial charge < -0.3 is 19.6 Å². The van der Waals surface area contributed by atoms with Crippen molar-refractivity contribution in [1.82, 2.24) is 9.97 Å². The Bertz CT molecular complexity index is 1190. The number of nitrogens with one attached hydrogen (secondary N) is 1. The first-order valence-corrected chi connectivity index (χ1v) is 12.2. The minimum atomic E-state index is -0.742. The number of β-amino-alcohol motifs (C(OH)–C–C–N with tert-alkyl or cyclic N) is 1. The highest BCUT2D eigenvalue weighted by Crippen LogP contribution is 2.51. The maximum absolute atomic E-state index is 10.7. The third-order valence-electron chi connectivity index (χ3n) is 6.65. The second kappa shape index (κ2) is 11.0. The van der Waals surface area contributed by atoms with Gasteiger partial charge in [0.1, 0.15) is 17.6 Å². The van der Waals surface area contributed by atoms with Crippen LogP contribution in [-0.2, 0) is 15.1 Å². The molecule has 2 N–H and O–H groups in total. The number of nitrogens with zero attached hydrogens (tertiary/aromatic N) is 4. The molecule has 5 rings (SSSR count). The van der Waals surface area contributed by atoms with E-state index >= 15 is 0 Å². The summed E-state index contributed by atoms with van der Waals surface area (Å²) in [7, 11) is 3.15. The zero-order valence-corrected chi connectivity index (χ0v) is 21.0. The SMILES string of the molecule is COCC(O)CN1CN(C(c2ccccc2)(c2ccccc2)c2ccccc2)c2c(NOC)ncnc21. The lowest BCUT2D eigenvalue weighted by Crippen LogP contribution is -2.50. The van der Waals surface area contributed by atoms with Crippen molar-refractivity contribution in [3.63, 3.8) is 0 Å². The zero-order chi connectivity index (χ0) is 25.7. The summed E-state index contributed by atoms with van der Waals surface area (Å²) < 4.78 is 5.21. The molecule has 0 spiro atoms. The number of methoxy groups -OCH3 is 1. The van der Waals surface area contributed by atoms with Crippen LogP contribution in [0.25, 0.3) is 0 Å². The fraction of sp³-hybridized carbons (Fsp3) is 0.241. The van der Waals surface area contributed by atoms with Crippen molar-refractivity contribution in [1.29, 1.82) is 0 Å². The first kappa shape index (κ1) is 24.7. The Labute approximate surface area is 217 Å². The molecule has 0 aliphatic carbocycles. The summed E-state index contributed by atoms with van der Waals surface area (Å²) >= 11 is 0. The van der Waals surface area contributed by atoms with E-state index in [2.05, 4.69) is 98.0 Å². The molecule has 4 aromatic rings. The molecule has 1 aliphatic heterocycles. The zero-order valence-electron chi connectivity index (χ0n) is 21.0. The van der Waals surface area contributed by atoms with E-state index in [0.29, 0.717) is 24.8 Å². The van der Waals surface area contributed by atoms with Gasteiger partial charge in [0, 0.05) is 13.7 Å². The van der Waals surface area contributed by atoms with Crippen LogP contribution < -0.4 is 15.3 Å². The van der Waals surface area contributed by atoms with E-state index in [4.69, 9.17) is 9.57 Å². The average Bonchev–Trinajstić information content (AvgIpc) is 3.30. The number of rotatable bonds is 10. The van der Waals surface area contributed by atoms with E-state index in [1.165, 1.54) is 6.33 Å². The molecular formula is C29H31N5O3. The monoisotopic (exact) mass is 497 g/mol. The van der Waals surface area contributed by atoms with Gasteiger partial charge in [-0.25, -0.2) is 15.4 Å². The summed E-state index contributed by atoms with van der Waals surface area (Å²) in [5.41, 5.74) is 6.26. The van der Waals surface area contributed by atoms with Gasteiger partial charge in [0.2, 0.25) is 0 Å². The van der Waals surface area contributed by atoms with Crippen LogP contribution in [0.4, 0.5) is 17.3 Å². The number of fused-ring (bicyclic) bond motifs is 1. The molecule has 8 heteroatoms. The Hall–Kier alpha value is -3.98. The molecule has 0 saturated carbocycles. The molecule has 0 bridgehead atoms. The fourth-order valence-corrected chi connectivity index (χ4v) is 5.25. The largest absolute Gasteiger partial charge is 0.389 e. The van der Waals surface area contributed by atoms with Crippen LogP contribution in [0.3, 0.4) is 0 Å². The van der Waals surface area contributed by atoms with Crippen LogP contribution in [0, 0.1) is 0 Å². The van der Waals surface area contributed by atoms with Crippen LogP contribution in [0.2, 0.25) is 0 Å². The van der Waals surface area contributed by atoms with E-state index in [0.717, 1.165) is 22.4 Å². The van der Waals surface area contributed by atoms with Crippen molar-refractivity contribution in [3.05, 3.63) is 114 Å². The van der Waals surface area contributed by atoms with Crippen LogP contribution in [0.5, 0.6) is 0 Å². The highest BCUT2D eigenvalue weighted by atomic mass is 16.6. The van der Waals surface area contributed by atoms with Crippen LogP contribution >= 0.6 is 0 Å². The molecule has 2 heterocycles. The molecule has 3 aromatic carbocycles. The first-order valence-electron chi connectivity index (χ1n) is 12.2. The minimum absolute atomic E-state index is 0.224. The molecule has 0 saturated heterocycles. The van der Waals surface area contributed by atoms with Crippen LogP contribution in [0.15, 0.2) is 97.3 Å². The standard InChI is InChI=1S/C29H31N5O3/c1-36-19-25(35)18-33-21-34(26-27(32-37-2)30-20-31-28(26)33)29(22-12-6-3-7-13-22,23-14-8-4-9-15-23)24-16-10-5-11-17-24/h3-17,20,25,35H,18-19,21H2,1-2H3,(H,30,31,32). The quantitative estimate of drug-likeness (QED) is 0.251. The van der Waals surface area contributed by atoms with Crippen molar-refractivity contribution in [3.8, 4) is 0 Å². The molecule has 0 fully saturated rings. The molecule has 37 heavy (non-hydrogen) atoms. The van der Waals surface area contributed by atoms with Crippen molar-refractivity contribution < 1.29 is 14.7 Å². The predicted molar refractivity (Wildman–Crippen MR) is 144 cm³/mol. The summed E-state index contributed by atoms with van der Waals surface area (Å²) in [6.07, 6.45) is 0.820. The summed E-state index contributed by atoms with van der Waals surface area (Å²) in [5, 5.41) is 10.7. The molecule has 0 amide bonds. The summed E-state index contributed by atoms with van der Waals surface area (Å²) in [6, 6.07) is 31.3. The maximum atomic E-state index is 10.7. The smallest absolute Gasteiger partial charge is 0.179 e. The fourth-order valence-electron chi connectivity index (χ4n) is 5.25. The molecule has 1 atom stereocenters. The number of aromatic nitrogens is 2. The topological polar surface area (TPSA) is 83.0 Å². The second-order valence-electron chi connectivity index (χ2n) is 8.91. The van der Waals surface area contributed by atoms with Crippen molar-refractivity contribution in [2.24, 2.45) is 0 Å². The number of aliphatic hydroxyl groups excluding tert-OH is 1. The Kier molecular flexibility index (Phi) is 7.32. The van der Waals surface area contributed by atoms with Gasteiger partial charge in [0.05, 0.1) is 26.5 Å². The second-order valence-corrected chi connectivity index (χ2v) is 8.91. The Morgan fingerprint density at radius 3 is 1.89 bits per heavy atom. The molecule has 190 valence electrons. The average molecular weight is 498 g/mol. The number of benzene rings is 3. The Balaban J connectivity index is 1.80. The molecule has 1 aliphatic rings. The van der Waals surface area contributed by atoms with E-state index in [-0.39, 0.29) is 6.61 Å². The third-order valence-corrected chi connectivity index (χ3v) is 6.65. The number of hydrogen-bond acceptors (Lipinski definition) is 8. The van der Waals surface area contributed by atoms with E-state index in [1.807, 2.05) is 18.2 Å².